The fourth-order valence-electron chi connectivity index (χ4n) is 5.01. The Hall–Kier alpha value is -2.44. The molecule has 1 aliphatic heterocycles. The van der Waals surface area contributed by atoms with Gasteiger partial charge in [-0.3, -0.25) is 14.3 Å². The van der Waals surface area contributed by atoms with Crippen LogP contribution in [0.25, 0.3) is 11.0 Å². The highest BCUT2D eigenvalue weighted by Gasteiger charge is 2.49. The van der Waals surface area contributed by atoms with Gasteiger partial charge in [-0.2, -0.15) is 5.10 Å². The predicted molar refractivity (Wildman–Crippen MR) is 105 cm³/mol. The quantitative estimate of drug-likeness (QED) is 0.881. The van der Waals surface area contributed by atoms with Crippen molar-refractivity contribution >= 4 is 22.8 Å². The van der Waals surface area contributed by atoms with E-state index in [9.17, 15) is 9.59 Å². The Morgan fingerprint density at radius 1 is 1.21 bits per heavy atom. The summed E-state index contributed by atoms with van der Waals surface area (Å²) in [5.41, 5.74) is 3.08. The van der Waals surface area contributed by atoms with Gasteiger partial charge in [0.1, 0.15) is 0 Å². The molecule has 2 saturated carbocycles. The van der Waals surface area contributed by atoms with Crippen LogP contribution in [0.4, 0.5) is 0 Å². The van der Waals surface area contributed by atoms with Gasteiger partial charge >= 0.3 is 0 Å². The largest absolute Gasteiger partial charge is 0.353 e. The summed E-state index contributed by atoms with van der Waals surface area (Å²) in [5, 5.41) is 8.45. The van der Waals surface area contributed by atoms with Gasteiger partial charge in [0.05, 0.1) is 16.6 Å². The molecule has 148 valence electrons. The average Bonchev–Trinajstić information content (AvgIpc) is 3.40. The first kappa shape index (κ1) is 17.6. The van der Waals surface area contributed by atoms with E-state index in [1.165, 1.54) is 0 Å². The Balaban J connectivity index is 1.39. The van der Waals surface area contributed by atoms with Gasteiger partial charge in [-0.05, 0) is 57.4 Å². The van der Waals surface area contributed by atoms with E-state index in [2.05, 4.69) is 15.4 Å². The number of hydrogen-bond donors (Lipinski definition) is 1. The van der Waals surface area contributed by atoms with Crippen molar-refractivity contribution < 1.29 is 9.59 Å². The van der Waals surface area contributed by atoms with Gasteiger partial charge in [0.15, 0.2) is 5.65 Å². The van der Waals surface area contributed by atoms with E-state index in [1.807, 2.05) is 31.9 Å². The molecule has 2 aromatic rings. The Morgan fingerprint density at radius 2 is 2.00 bits per heavy atom. The number of rotatable bonds is 3. The van der Waals surface area contributed by atoms with E-state index in [0.717, 1.165) is 54.6 Å². The fourth-order valence-corrected chi connectivity index (χ4v) is 5.01. The maximum absolute atomic E-state index is 13.4. The van der Waals surface area contributed by atoms with Gasteiger partial charge in [0.25, 0.3) is 5.91 Å². The zero-order valence-electron chi connectivity index (χ0n) is 16.7. The number of carbonyl (C=O) groups is 2. The van der Waals surface area contributed by atoms with Crippen LogP contribution in [-0.4, -0.2) is 50.6 Å². The van der Waals surface area contributed by atoms with Crippen LogP contribution in [0.3, 0.4) is 0 Å². The smallest absolute Gasteiger partial charge is 0.254 e. The summed E-state index contributed by atoms with van der Waals surface area (Å²) < 4.78 is 1.74. The molecule has 0 aromatic carbocycles. The van der Waals surface area contributed by atoms with Crippen molar-refractivity contribution in [2.24, 2.45) is 24.8 Å². The van der Waals surface area contributed by atoms with E-state index in [-0.39, 0.29) is 17.7 Å². The number of pyridine rings is 1. The number of nitrogens with zero attached hydrogens (tertiary/aromatic N) is 4. The second-order valence-electron chi connectivity index (χ2n) is 8.81. The molecule has 2 aromatic heterocycles. The normalized spacial score (nSPS) is 26.7. The summed E-state index contributed by atoms with van der Waals surface area (Å²) in [7, 11) is 1.86. The molecule has 0 bridgehead atoms. The molecule has 0 radical (unpaired) electrons. The fraction of sp³-hybridized carbons (Fsp3) is 0.619. The minimum absolute atomic E-state index is 0.0401. The van der Waals surface area contributed by atoms with Crippen molar-refractivity contribution in [2.75, 3.05) is 13.1 Å². The molecule has 2 aliphatic carbocycles. The zero-order chi connectivity index (χ0) is 19.6. The first-order valence-electron chi connectivity index (χ1n) is 10.3. The third kappa shape index (κ3) is 2.79. The van der Waals surface area contributed by atoms with E-state index >= 15 is 0 Å². The molecular formula is C21H27N5O2. The summed E-state index contributed by atoms with van der Waals surface area (Å²) in [6.07, 6.45) is 4.19. The summed E-state index contributed by atoms with van der Waals surface area (Å²) in [6.45, 7) is 5.27. The van der Waals surface area contributed by atoms with Crippen LogP contribution in [-0.2, 0) is 11.8 Å². The Kier molecular flexibility index (Phi) is 3.96. The molecule has 0 spiro atoms. The lowest BCUT2D eigenvalue weighted by Gasteiger charge is -2.50. The molecule has 1 saturated heterocycles. The third-order valence-electron chi connectivity index (χ3n) is 6.75. The second-order valence-corrected chi connectivity index (χ2v) is 8.81. The molecule has 0 unspecified atom stereocenters. The Bertz CT molecular complexity index is 977. The van der Waals surface area contributed by atoms with E-state index in [1.54, 1.807) is 4.68 Å². The highest BCUT2D eigenvalue weighted by molar-refractivity contribution is 6.06. The second kappa shape index (κ2) is 6.29. The van der Waals surface area contributed by atoms with Crippen molar-refractivity contribution in [1.82, 2.24) is 25.0 Å². The Morgan fingerprint density at radius 3 is 2.75 bits per heavy atom. The van der Waals surface area contributed by atoms with Crippen molar-refractivity contribution in [2.45, 2.75) is 45.6 Å². The maximum Gasteiger partial charge on any atom is 0.254 e. The van der Waals surface area contributed by atoms with E-state index in [0.29, 0.717) is 30.0 Å². The Labute approximate surface area is 164 Å². The summed E-state index contributed by atoms with van der Waals surface area (Å²) in [4.78, 5) is 32.4. The molecule has 2 amide bonds. The number of piperidine rings is 1. The van der Waals surface area contributed by atoms with Crippen LogP contribution >= 0.6 is 0 Å². The number of carbonyl (C=O) groups excluding carboxylic acids is 2. The topological polar surface area (TPSA) is 80.1 Å². The van der Waals surface area contributed by atoms with Gasteiger partial charge in [0, 0.05) is 37.8 Å². The van der Waals surface area contributed by atoms with Gasteiger partial charge in [-0.15, -0.1) is 0 Å². The van der Waals surface area contributed by atoms with Crippen molar-refractivity contribution in [3.8, 4) is 0 Å². The zero-order valence-corrected chi connectivity index (χ0v) is 16.7. The molecular weight excluding hydrogens is 354 g/mol. The first-order valence-corrected chi connectivity index (χ1v) is 10.3. The SMILES string of the molecule is Cc1cc(C(=O)N2CC[C@@H]3C[C@@H](C(=O)NC4CC4)[C@@H]3C2)c2c(C)nn(C)c2n1. The minimum Gasteiger partial charge on any atom is -0.353 e. The molecule has 5 rings (SSSR count). The molecule has 1 N–H and O–H groups in total. The first-order chi connectivity index (χ1) is 13.4. The number of likely N-dealkylation sites (tertiary alicyclic amines) is 1. The van der Waals surface area contributed by atoms with E-state index < -0.39 is 0 Å². The lowest BCUT2D eigenvalue weighted by Crippen LogP contribution is -2.56. The van der Waals surface area contributed by atoms with Crippen LogP contribution in [0.15, 0.2) is 6.07 Å². The molecule has 3 atom stereocenters. The lowest BCUT2D eigenvalue weighted by molar-refractivity contribution is -0.136. The monoisotopic (exact) mass is 381 g/mol. The molecule has 7 nitrogen and oxygen atoms in total. The number of fused-ring (bicyclic) bond motifs is 2. The highest BCUT2D eigenvalue weighted by atomic mass is 16.2. The van der Waals surface area contributed by atoms with Crippen molar-refractivity contribution in [3.05, 3.63) is 23.0 Å². The predicted octanol–water partition coefficient (Wildman–Crippen LogP) is 1.96. The number of aromatic nitrogens is 3. The van der Waals surface area contributed by atoms with Crippen LogP contribution in [0.5, 0.6) is 0 Å². The van der Waals surface area contributed by atoms with Crippen LogP contribution in [0.1, 0.15) is 47.4 Å². The highest BCUT2D eigenvalue weighted by Crippen LogP contribution is 2.46. The van der Waals surface area contributed by atoms with Gasteiger partial charge in [0.2, 0.25) is 5.91 Å². The molecule has 28 heavy (non-hydrogen) atoms. The molecule has 3 aliphatic rings. The van der Waals surface area contributed by atoms with Gasteiger partial charge in [-0.25, -0.2) is 4.98 Å². The number of aryl methyl sites for hydroxylation is 3. The summed E-state index contributed by atoms with van der Waals surface area (Å²) in [6, 6.07) is 2.28. The molecule has 3 fully saturated rings. The van der Waals surface area contributed by atoms with E-state index in [4.69, 9.17) is 0 Å². The number of hydrogen-bond acceptors (Lipinski definition) is 4. The summed E-state index contributed by atoms with van der Waals surface area (Å²) in [5.74, 6) is 1.19. The van der Waals surface area contributed by atoms with Crippen molar-refractivity contribution in [1.29, 1.82) is 0 Å². The number of nitrogens with one attached hydrogen (secondary N) is 1. The lowest BCUT2D eigenvalue weighted by atomic mass is 9.61. The number of amides is 2. The van der Waals surface area contributed by atoms with Crippen molar-refractivity contribution in [3.63, 3.8) is 0 Å². The van der Waals surface area contributed by atoms with Crippen LogP contribution in [0, 0.1) is 31.6 Å². The minimum atomic E-state index is 0.0401. The standard InChI is InChI=1S/C21H27N5O2/c1-11-8-16(18-12(2)24-25(3)19(18)22-11)21(28)26-7-6-13-9-15(17(13)10-26)20(27)23-14-4-5-14/h8,13-15,17H,4-7,9-10H2,1-3H3,(H,23,27)/t13-,15-,17-/m1/s1. The molecule has 3 heterocycles. The van der Waals surface area contributed by atoms with Gasteiger partial charge < -0.3 is 10.2 Å². The van der Waals surface area contributed by atoms with Crippen LogP contribution in [0.2, 0.25) is 0 Å². The van der Waals surface area contributed by atoms with Crippen LogP contribution < -0.4 is 5.32 Å². The molecule has 7 heteroatoms. The van der Waals surface area contributed by atoms with Gasteiger partial charge in [-0.1, -0.05) is 0 Å². The average molecular weight is 381 g/mol. The third-order valence-corrected chi connectivity index (χ3v) is 6.75. The maximum atomic E-state index is 13.4. The summed E-state index contributed by atoms with van der Waals surface area (Å²) >= 11 is 0.